The fourth-order valence-electron chi connectivity index (χ4n) is 3.44. The lowest BCUT2D eigenvalue weighted by Crippen LogP contribution is -2.29. The molecule has 1 aromatic heterocycles. The molecule has 0 amide bonds. The third-order valence-corrected chi connectivity index (χ3v) is 4.72. The predicted octanol–water partition coefficient (Wildman–Crippen LogP) is 5.25. The second kappa shape index (κ2) is 8.87. The van der Waals surface area contributed by atoms with Gasteiger partial charge in [-0.15, -0.1) is 0 Å². The Hall–Kier alpha value is -2.59. The number of nitrogens with one attached hydrogen (secondary N) is 1. The quantitative estimate of drug-likeness (QED) is 0.594. The van der Waals surface area contributed by atoms with E-state index < -0.39 is 0 Å². The van der Waals surface area contributed by atoms with E-state index in [9.17, 15) is 4.79 Å². The molecule has 0 unspecified atom stereocenters. The number of H-pyrrole nitrogens is 1. The van der Waals surface area contributed by atoms with Crippen molar-refractivity contribution < 1.29 is 4.74 Å². The zero-order valence-electron chi connectivity index (χ0n) is 16.4. The highest BCUT2D eigenvalue weighted by Crippen LogP contribution is 2.24. The molecule has 142 valence electrons. The second-order valence-electron chi connectivity index (χ2n) is 6.96. The van der Waals surface area contributed by atoms with Crippen LogP contribution in [-0.2, 0) is 6.54 Å². The van der Waals surface area contributed by atoms with Crippen LogP contribution in [0.5, 0.6) is 11.5 Å². The molecule has 4 heteroatoms. The third kappa shape index (κ3) is 4.58. The molecular formula is C23H28N2O2. The summed E-state index contributed by atoms with van der Waals surface area (Å²) < 4.78 is 5.91. The number of rotatable bonds is 8. The molecule has 4 nitrogen and oxygen atoms in total. The Morgan fingerprint density at radius 2 is 1.67 bits per heavy atom. The van der Waals surface area contributed by atoms with Crippen molar-refractivity contribution in [2.24, 2.45) is 0 Å². The maximum absolute atomic E-state index is 13.2. The first kappa shape index (κ1) is 19.2. The molecule has 0 aliphatic heterocycles. The van der Waals surface area contributed by atoms with E-state index >= 15 is 0 Å². The van der Waals surface area contributed by atoms with Gasteiger partial charge in [0.15, 0.2) is 5.43 Å². The summed E-state index contributed by atoms with van der Waals surface area (Å²) in [4.78, 5) is 18.9. The van der Waals surface area contributed by atoms with Crippen LogP contribution in [0.4, 0.5) is 0 Å². The second-order valence-corrected chi connectivity index (χ2v) is 6.96. The molecule has 0 radical (unpaired) electrons. The van der Waals surface area contributed by atoms with E-state index in [4.69, 9.17) is 4.74 Å². The molecule has 0 atom stereocenters. The smallest absolute Gasteiger partial charge is 0.194 e. The van der Waals surface area contributed by atoms with Crippen molar-refractivity contribution in [1.29, 1.82) is 0 Å². The van der Waals surface area contributed by atoms with Gasteiger partial charge in [0.25, 0.3) is 0 Å². The van der Waals surface area contributed by atoms with Crippen molar-refractivity contribution in [3.8, 4) is 11.5 Å². The number of para-hydroxylation sites is 1. The van der Waals surface area contributed by atoms with E-state index in [1.807, 2.05) is 55.5 Å². The van der Waals surface area contributed by atoms with E-state index in [1.54, 1.807) is 0 Å². The minimum absolute atomic E-state index is 0.0944. The summed E-state index contributed by atoms with van der Waals surface area (Å²) in [5, 5.41) is 0.678. The fourth-order valence-corrected chi connectivity index (χ4v) is 3.44. The summed E-state index contributed by atoms with van der Waals surface area (Å²) >= 11 is 0. The normalized spacial score (nSPS) is 11.3. The molecule has 3 rings (SSSR count). The SMILES string of the molecule is CCCN(CCC)Cc1c(C)[nH]c2ccc(Oc3ccccc3)cc2c1=O. The van der Waals surface area contributed by atoms with Gasteiger partial charge in [-0.2, -0.15) is 0 Å². The molecule has 0 bridgehead atoms. The Morgan fingerprint density at radius 1 is 0.963 bits per heavy atom. The van der Waals surface area contributed by atoms with Crippen LogP contribution in [0.3, 0.4) is 0 Å². The zero-order chi connectivity index (χ0) is 19.2. The molecular weight excluding hydrogens is 336 g/mol. The van der Waals surface area contributed by atoms with Crippen LogP contribution in [0.1, 0.15) is 37.9 Å². The monoisotopic (exact) mass is 364 g/mol. The number of nitrogens with zero attached hydrogens (tertiary/aromatic N) is 1. The van der Waals surface area contributed by atoms with Gasteiger partial charge >= 0.3 is 0 Å². The van der Waals surface area contributed by atoms with E-state index in [-0.39, 0.29) is 5.43 Å². The molecule has 0 spiro atoms. The summed E-state index contributed by atoms with van der Waals surface area (Å²) in [6.45, 7) is 9.02. The van der Waals surface area contributed by atoms with E-state index in [0.29, 0.717) is 17.7 Å². The van der Waals surface area contributed by atoms with E-state index in [1.165, 1.54) is 0 Å². The molecule has 0 saturated heterocycles. The number of ether oxygens (including phenoxy) is 1. The number of aromatic nitrogens is 1. The Labute approximate surface area is 160 Å². The number of benzene rings is 2. The topological polar surface area (TPSA) is 45.3 Å². The van der Waals surface area contributed by atoms with Crippen LogP contribution in [0.2, 0.25) is 0 Å². The highest BCUT2D eigenvalue weighted by molar-refractivity contribution is 5.81. The predicted molar refractivity (Wildman–Crippen MR) is 112 cm³/mol. The zero-order valence-corrected chi connectivity index (χ0v) is 16.4. The van der Waals surface area contributed by atoms with Gasteiger partial charge in [0, 0.05) is 28.7 Å². The van der Waals surface area contributed by atoms with Crippen LogP contribution >= 0.6 is 0 Å². The fraction of sp³-hybridized carbons (Fsp3) is 0.348. The largest absolute Gasteiger partial charge is 0.457 e. The van der Waals surface area contributed by atoms with Crippen molar-refractivity contribution in [2.75, 3.05) is 13.1 Å². The van der Waals surface area contributed by atoms with Crippen molar-refractivity contribution in [3.63, 3.8) is 0 Å². The van der Waals surface area contributed by atoms with Crippen LogP contribution < -0.4 is 10.2 Å². The number of pyridine rings is 1. The summed E-state index contributed by atoms with van der Waals surface area (Å²) in [6, 6.07) is 15.3. The molecule has 0 fully saturated rings. The van der Waals surface area contributed by atoms with Crippen LogP contribution in [0.25, 0.3) is 10.9 Å². The lowest BCUT2D eigenvalue weighted by molar-refractivity contribution is 0.265. The van der Waals surface area contributed by atoms with E-state index in [2.05, 4.69) is 23.7 Å². The molecule has 1 heterocycles. The van der Waals surface area contributed by atoms with Gasteiger partial charge in [0.1, 0.15) is 11.5 Å². The van der Waals surface area contributed by atoms with Crippen molar-refractivity contribution in [1.82, 2.24) is 9.88 Å². The van der Waals surface area contributed by atoms with Gasteiger partial charge < -0.3 is 9.72 Å². The Kier molecular flexibility index (Phi) is 6.30. The Balaban J connectivity index is 1.96. The average molecular weight is 364 g/mol. The maximum atomic E-state index is 13.2. The summed E-state index contributed by atoms with van der Waals surface area (Å²) in [5.74, 6) is 1.44. The average Bonchev–Trinajstić information content (AvgIpc) is 2.67. The number of hydrogen-bond donors (Lipinski definition) is 1. The number of fused-ring (bicyclic) bond motifs is 1. The third-order valence-electron chi connectivity index (χ3n) is 4.72. The maximum Gasteiger partial charge on any atom is 0.194 e. The summed E-state index contributed by atoms with van der Waals surface area (Å²) in [6.07, 6.45) is 2.17. The van der Waals surface area contributed by atoms with Gasteiger partial charge in [-0.1, -0.05) is 32.0 Å². The summed E-state index contributed by atoms with van der Waals surface area (Å²) in [7, 11) is 0. The van der Waals surface area contributed by atoms with Crippen LogP contribution in [0.15, 0.2) is 53.3 Å². The number of hydrogen-bond acceptors (Lipinski definition) is 3. The van der Waals surface area contributed by atoms with Crippen molar-refractivity contribution >= 4 is 10.9 Å². The molecule has 0 aliphatic rings. The van der Waals surface area contributed by atoms with Gasteiger partial charge in [-0.05, 0) is 63.2 Å². The van der Waals surface area contributed by atoms with Gasteiger partial charge in [0.2, 0.25) is 0 Å². The first-order valence-corrected chi connectivity index (χ1v) is 9.73. The molecule has 0 saturated carbocycles. The first-order valence-electron chi connectivity index (χ1n) is 9.73. The minimum Gasteiger partial charge on any atom is -0.457 e. The van der Waals surface area contributed by atoms with Crippen molar-refractivity contribution in [2.45, 2.75) is 40.2 Å². The highest BCUT2D eigenvalue weighted by Gasteiger charge is 2.14. The van der Waals surface area contributed by atoms with Crippen LogP contribution in [-0.4, -0.2) is 23.0 Å². The van der Waals surface area contributed by atoms with Gasteiger partial charge in [-0.3, -0.25) is 9.69 Å². The summed E-state index contributed by atoms with van der Waals surface area (Å²) in [5.41, 5.74) is 2.74. The standard InChI is InChI=1S/C23H28N2O2/c1-4-13-25(14-5-2)16-21-17(3)24-22-12-11-19(15-20(22)23(21)26)27-18-9-7-6-8-10-18/h6-12,15H,4-5,13-14,16H2,1-3H3,(H,24,26). The van der Waals surface area contributed by atoms with Crippen molar-refractivity contribution in [3.05, 3.63) is 70.0 Å². The Morgan fingerprint density at radius 3 is 2.33 bits per heavy atom. The number of aryl methyl sites for hydroxylation is 1. The Bertz CT molecular complexity index is 942. The number of aromatic amines is 1. The molecule has 0 aliphatic carbocycles. The molecule has 3 aromatic rings. The molecule has 2 aromatic carbocycles. The molecule has 1 N–H and O–H groups in total. The van der Waals surface area contributed by atoms with Crippen LogP contribution in [0, 0.1) is 6.92 Å². The highest BCUT2D eigenvalue weighted by atomic mass is 16.5. The first-order chi connectivity index (χ1) is 13.1. The lowest BCUT2D eigenvalue weighted by Gasteiger charge is -2.22. The van der Waals surface area contributed by atoms with Gasteiger partial charge in [0.05, 0.1) is 0 Å². The van der Waals surface area contributed by atoms with E-state index in [0.717, 1.165) is 48.5 Å². The lowest BCUT2D eigenvalue weighted by atomic mass is 10.1. The van der Waals surface area contributed by atoms with Gasteiger partial charge in [-0.25, -0.2) is 0 Å². The molecule has 27 heavy (non-hydrogen) atoms. The minimum atomic E-state index is 0.0944.